The molecule has 3 aromatic rings. The van der Waals surface area contributed by atoms with E-state index in [-0.39, 0.29) is 10.1 Å². The Balaban J connectivity index is 1.96. The summed E-state index contributed by atoms with van der Waals surface area (Å²) in [6, 6.07) is 14.2. The number of benzene rings is 2. The van der Waals surface area contributed by atoms with Gasteiger partial charge in [-0.2, -0.15) is 0 Å². The molecule has 2 aromatic carbocycles. The highest BCUT2D eigenvalue weighted by molar-refractivity contribution is 7.92. The molecule has 0 radical (unpaired) electrons. The minimum Gasteiger partial charge on any atom is -0.399 e. The third-order valence-electron chi connectivity index (χ3n) is 2.88. The lowest BCUT2D eigenvalue weighted by Gasteiger charge is -2.01. The van der Waals surface area contributed by atoms with E-state index in [1.54, 1.807) is 24.3 Å². The predicted octanol–water partition coefficient (Wildman–Crippen LogP) is 2.85. The van der Waals surface area contributed by atoms with Crippen LogP contribution >= 0.6 is 11.3 Å². The highest BCUT2D eigenvalue weighted by atomic mass is 32.2. The molecule has 6 heteroatoms. The quantitative estimate of drug-likeness (QED) is 0.755. The second-order valence-corrected chi connectivity index (χ2v) is 7.64. The Labute approximate surface area is 120 Å². The molecule has 0 saturated heterocycles. The maximum absolute atomic E-state index is 12.4. The van der Waals surface area contributed by atoms with Gasteiger partial charge in [0, 0.05) is 5.69 Å². The number of hydrogen-bond donors (Lipinski definition) is 1. The van der Waals surface area contributed by atoms with Crippen molar-refractivity contribution in [2.75, 3.05) is 5.73 Å². The number of hydrogen-bond acceptors (Lipinski definition) is 5. The van der Waals surface area contributed by atoms with Crippen molar-refractivity contribution in [2.45, 2.75) is 10.1 Å². The zero-order valence-electron chi connectivity index (χ0n) is 10.5. The molecule has 102 valence electrons. The smallest absolute Gasteiger partial charge is 0.210 e. The van der Waals surface area contributed by atoms with Crippen LogP contribution in [0.25, 0.3) is 10.2 Å². The second-order valence-electron chi connectivity index (χ2n) is 4.45. The molecule has 0 atom stereocenters. The summed E-state index contributed by atoms with van der Waals surface area (Å²) in [5.41, 5.74) is 7.63. The Morgan fingerprint density at radius 1 is 1.05 bits per heavy atom. The molecule has 0 fully saturated rings. The minimum absolute atomic E-state index is 0.0624. The predicted molar refractivity (Wildman–Crippen MR) is 81.4 cm³/mol. The number of aromatic nitrogens is 1. The number of fused-ring (bicyclic) bond motifs is 1. The maximum atomic E-state index is 12.4. The van der Waals surface area contributed by atoms with Gasteiger partial charge in [-0.25, -0.2) is 13.4 Å². The first kappa shape index (κ1) is 13.1. The van der Waals surface area contributed by atoms with Crippen LogP contribution < -0.4 is 5.73 Å². The van der Waals surface area contributed by atoms with Crippen molar-refractivity contribution < 1.29 is 8.42 Å². The van der Waals surface area contributed by atoms with Gasteiger partial charge in [0.1, 0.15) is 0 Å². The standard InChI is InChI=1S/C14H12N2O2S2/c15-11-7-5-10(6-8-11)9-20(17,18)14-16-12-3-1-2-4-13(12)19-14/h1-8H,9,15H2. The average molecular weight is 304 g/mol. The zero-order valence-corrected chi connectivity index (χ0v) is 12.1. The summed E-state index contributed by atoms with van der Waals surface area (Å²) in [5.74, 6) is -0.0624. The molecule has 0 amide bonds. The summed E-state index contributed by atoms with van der Waals surface area (Å²) in [4.78, 5) is 4.20. The van der Waals surface area contributed by atoms with Crippen molar-refractivity contribution in [1.82, 2.24) is 4.98 Å². The Bertz CT molecular complexity index is 819. The number of anilines is 1. The number of rotatable bonds is 3. The van der Waals surface area contributed by atoms with E-state index in [1.807, 2.05) is 24.3 Å². The van der Waals surface area contributed by atoms with Gasteiger partial charge in [-0.15, -0.1) is 11.3 Å². The Morgan fingerprint density at radius 3 is 2.45 bits per heavy atom. The van der Waals surface area contributed by atoms with Crippen LogP contribution in [0.3, 0.4) is 0 Å². The third-order valence-corrected chi connectivity index (χ3v) is 6.06. The van der Waals surface area contributed by atoms with E-state index >= 15 is 0 Å². The van der Waals surface area contributed by atoms with Gasteiger partial charge in [-0.1, -0.05) is 24.3 Å². The fourth-order valence-electron chi connectivity index (χ4n) is 1.88. The van der Waals surface area contributed by atoms with Crippen molar-refractivity contribution in [2.24, 2.45) is 0 Å². The van der Waals surface area contributed by atoms with E-state index in [9.17, 15) is 8.42 Å². The van der Waals surface area contributed by atoms with Crippen molar-refractivity contribution in [1.29, 1.82) is 0 Å². The van der Waals surface area contributed by atoms with Gasteiger partial charge in [0.05, 0.1) is 16.0 Å². The molecular formula is C14H12N2O2S2. The van der Waals surface area contributed by atoms with E-state index in [0.717, 1.165) is 4.70 Å². The molecule has 0 aliphatic heterocycles. The Morgan fingerprint density at radius 2 is 1.75 bits per heavy atom. The number of thiazole rings is 1. The zero-order chi connectivity index (χ0) is 14.2. The first-order valence-electron chi connectivity index (χ1n) is 5.97. The van der Waals surface area contributed by atoms with Gasteiger partial charge in [0.2, 0.25) is 14.2 Å². The lowest BCUT2D eigenvalue weighted by atomic mass is 10.2. The third kappa shape index (κ3) is 2.52. The second kappa shape index (κ2) is 4.88. The highest BCUT2D eigenvalue weighted by Crippen LogP contribution is 2.27. The molecule has 1 heterocycles. The summed E-state index contributed by atoms with van der Waals surface area (Å²) in [5, 5.41) is 0. The van der Waals surface area contributed by atoms with Crippen molar-refractivity contribution >= 4 is 37.1 Å². The van der Waals surface area contributed by atoms with Crippen LogP contribution in [0.2, 0.25) is 0 Å². The summed E-state index contributed by atoms with van der Waals surface area (Å²) in [7, 11) is -3.42. The van der Waals surface area contributed by atoms with E-state index in [4.69, 9.17) is 5.73 Å². The Kier molecular flexibility index (Phi) is 3.19. The topological polar surface area (TPSA) is 73.1 Å². The highest BCUT2D eigenvalue weighted by Gasteiger charge is 2.20. The van der Waals surface area contributed by atoms with Crippen molar-refractivity contribution in [3.05, 3.63) is 54.1 Å². The number of nitrogens with zero attached hydrogens (tertiary/aromatic N) is 1. The molecule has 3 rings (SSSR count). The van der Waals surface area contributed by atoms with Crippen LogP contribution in [0.5, 0.6) is 0 Å². The van der Waals surface area contributed by atoms with Crippen molar-refractivity contribution in [3.63, 3.8) is 0 Å². The van der Waals surface area contributed by atoms with Gasteiger partial charge in [0.25, 0.3) is 0 Å². The molecule has 2 N–H and O–H groups in total. The minimum atomic E-state index is -3.42. The molecule has 0 bridgehead atoms. The Hall–Kier alpha value is -1.92. The number of nitrogens with two attached hydrogens (primary N) is 1. The molecule has 20 heavy (non-hydrogen) atoms. The number of sulfone groups is 1. The van der Waals surface area contributed by atoms with Gasteiger partial charge in [-0.05, 0) is 29.8 Å². The molecule has 0 unspecified atom stereocenters. The van der Waals surface area contributed by atoms with E-state index in [2.05, 4.69) is 4.98 Å². The van der Waals surface area contributed by atoms with Gasteiger partial charge in [-0.3, -0.25) is 0 Å². The van der Waals surface area contributed by atoms with E-state index in [1.165, 1.54) is 11.3 Å². The monoisotopic (exact) mass is 304 g/mol. The summed E-state index contributed by atoms with van der Waals surface area (Å²) in [6.45, 7) is 0. The van der Waals surface area contributed by atoms with Crippen LogP contribution in [0.15, 0.2) is 52.9 Å². The number of nitrogen functional groups attached to an aromatic ring is 1. The van der Waals surface area contributed by atoms with Crippen LogP contribution in [-0.4, -0.2) is 13.4 Å². The summed E-state index contributed by atoms with van der Waals surface area (Å²) in [6.07, 6.45) is 0. The molecule has 4 nitrogen and oxygen atoms in total. The summed E-state index contributed by atoms with van der Waals surface area (Å²) < 4.78 is 25.8. The molecular weight excluding hydrogens is 292 g/mol. The summed E-state index contributed by atoms with van der Waals surface area (Å²) >= 11 is 1.20. The normalized spacial score (nSPS) is 11.8. The fraction of sp³-hybridized carbons (Fsp3) is 0.0714. The molecule has 0 spiro atoms. The van der Waals surface area contributed by atoms with Crippen LogP contribution in [0.1, 0.15) is 5.56 Å². The molecule has 0 aliphatic carbocycles. The van der Waals surface area contributed by atoms with Gasteiger partial charge >= 0.3 is 0 Å². The largest absolute Gasteiger partial charge is 0.399 e. The SMILES string of the molecule is Nc1ccc(CS(=O)(=O)c2nc3ccccc3s2)cc1. The first-order valence-corrected chi connectivity index (χ1v) is 8.44. The van der Waals surface area contributed by atoms with Crippen molar-refractivity contribution in [3.8, 4) is 0 Å². The van der Waals surface area contributed by atoms with Gasteiger partial charge in [0.15, 0.2) is 0 Å². The van der Waals surface area contributed by atoms with Crippen LogP contribution in [0.4, 0.5) is 5.69 Å². The first-order chi connectivity index (χ1) is 9.54. The number of para-hydroxylation sites is 1. The molecule has 0 saturated carbocycles. The fourth-order valence-corrected chi connectivity index (χ4v) is 4.52. The maximum Gasteiger partial charge on any atom is 0.210 e. The van der Waals surface area contributed by atoms with E-state index in [0.29, 0.717) is 16.8 Å². The lowest BCUT2D eigenvalue weighted by molar-refractivity contribution is 0.594. The average Bonchev–Trinajstić information content (AvgIpc) is 2.86. The lowest BCUT2D eigenvalue weighted by Crippen LogP contribution is -2.04. The van der Waals surface area contributed by atoms with E-state index < -0.39 is 9.84 Å². The molecule has 1 aromatic heterocycles. The van der Waals surface area contributed by atoms with Crippen LogP contribution in [-0.2, 0) is 15.6 Å². The van der Waals surface area contributed by atoms with Gasteiger partial charge < -0.3 is 5.73 Å². The van der Waals surface area contributed by atoms with Crippen LogP contribution in [0, 0.1) is 0 Å². The molecule has 0 aliphatic rings.